The Balaban J connectivity index is 1.47. The third-order valence-corrected chi connectivity index (χ3v) is 9.44. The molecule has 1 aliphatic heterocycles. The maximum atomic E-state index is 13.8. The number of carbonyl (C=O) groups excluding carboxylic acids is 2. The predicted octanol–water partition coefficient (Wildman–Crippen LogP) is 5.84. The fourth-order valence-corrected chi connectivity index (χ4v) is 7.24. The molecule has 0 radical (unpaired) electrons. The van der Waals surface area contributed by atoms with Gasteiger partial charge in [0.1, 0.15) is 11.6 Å². The molecule has 1 atom stereocenters. The van der Waals surface area contributed by atoms with Gasteiger partial charge in [0.25, 0.3) is 0 Å². The Labute approximate surface area is 253 Å². The van der Waals surface area contributed by atoms with Gasteiger partial charge in [0.2, 0.25) is 11.0 Å². The van der Waals surface area contributed by atoms with Gasteiger partial charge in [-0.05, 0) is 43.4 Å². The summed E-state index contributed by atoms with van der Waals surface area (Å²) in [5.74, 6) is 0.0811. The van der Waals surface area contributed by atoms with Gasteiger partial charge in [-0.2, -0.15) is 5.26 Å². The van der Waals surface area contributed by atoms with Crippen molar-refractivity contribution in [3.63, 3.8) is 0 Å². The van der Waals surface area contributed by atoms with E-state index in [-0.39, 0.29) is 34.3 Å². The minimum absolute atomic E-state index is 0.0374. The van der Waals surface area contributed by atoms with Crippen molar-refractivity contribution in [2.45, 2.75) is 50.8 Å². The van der Waals surface area contributed by atoms with E-state index in [0.29, 0.717) is 44.9 Å². The van der Waals surface area contributed by atoms with Crippen LogP contribution in [0, 0.1) is 30.6 Å². The van der Waals surface area contributed by atoms with Gasteiger partial charge in [-0.25, -0.2) is 0 Å². The van der Waals surface area contributed by atoms with Crippen molar-refractivity contribution >= 4 is 45.6 Å². The van der Waals surface area contributed by atoms with E-state index in [1.165, 1.54) is 23.1 Å². The number of allylic oxidation sites excluding steroid dienone is 3. The zero-order valence-corrected chi connectivity index (χ0v) is 25.8. The van der Waals surface area contributed by atoms with Crippen LogP contribution in [0.15, 0.2) is 69.5 Å². The first-order chi connectivity index (χ1) is 20.0. The molecule has 9 nitrogen and oxygen atoms in total. The van der Waals surface area contributed by atoms with Crippen molar-refractivity contribution in [2.24, 2.45) is 11.1 Å². The Morgan fingerprint density at radius 2 is 2.00 bits per heavy atom. The van der Waals surface area contributed by atoms with Crippen LogP contribution in [-0.4, -0.2) is 34.8 Å². The van der Waals surface area contributed by atoms with Crippen LogP contribution in [0.4, 0.5) is 10.8 Å². The van der Waals surface area contributed by atoms with Gasteiger partial charge in [0, 0.05) is 28.9 Å². The van der Waals surface area contributed by atoms with Crippen molar-refractivity contribution in [1.29, 1.82) is 5.26 Å². The number of ether oxygens (including phenoxy) is 1. The lowest BCUT2D eigenvalue weighted by molar-refractivity contribution is -0.118. The Hall–Kier alpha value is -4.14. The zero-order valence-electron chi connectivity index (χ0n) is 24.1. The molecule has 216 valence electrons. The topological polar surface area (TPSA) is 134 Å². The second-order valence-corrected chi connectivity index (χ2v) is 13.4. The number of nitrogens with one attached hydrogen (secondary N) is 1. The number of carbonyl (C=O) groups is 2. The first kappa shape index (κ1) is 29.4. The standard InChI is InChI=1S/C31H32N6O3S2/c1-17-10-11-21(18(2)12-17)34-25(39)16-41-30-36-35-29(42-30)37-22-13-31(3,4)14-23(38)27(22)26(20(15-32)28(37)33)19-8-6-7-9-24(19)40-5/h6-12,26H,13-14,16,33H2,1-5H3,(H,34,39). The van der Waals surface area contributed by atoms with E-state index in [4.69, 9.17) is 10.5 Å². The highest BCUT2D eigenvalue weighted by molar-refractivity contribution is 8.01. The highest BCUT2D eigenvalue weighted by Crippen LogP contribution is 2.52. The summed E-state index contributed by atoms with van der Waals surface area (Å²) in [5.41, 5.74) is 11.5. The predicted molar refractivity (Wildman–Crippen MR) is 165 cm³/mol. The normalized spacial score (nSPS) is 18.0. The number of anilines is 2. The van der Waals surface area contributed by atoms with Gasteiger partial charge in [-0.3, -0.25) is 14.5 Å². The van der Waals surface area contributed by atoms with Crippen LogP contribution in [0.3, 0.4) is 0 Å². The molecule has 42 heavy (non-hydrogen) atoms. The van der Waals surface area contributed by atoms with Crippen LogP contribution in [0.5, 0.6) is 5.75 Å². The number of nitriles is 1. The average molecular weight is 601 g/mol. The molecule has 0 fully saturated rings. The van der Waals surface area contributed by atoms with Crippen molar-refractivity contribution in [2.75, 3.05) is 23.1 Å². The number of aromatic nitrogens is 2. The molecule has 1 aromatic heterocycles. The summed E-state index contributed by atoms with van der Waals surface area (Å²) in [6.07, 6.45) is 0.899. The van der Waals surface area contributed by atoms with Crippen LogP contribution in [-0.2, 0) is 9.59 Å². The van der Waals surface area contributed by atoms with Gasteiger partial charge >= 0.3 is 0 Å². The van der Waals surface area contributed by atoms with E-state index in [0.717, 1.165) is 16.8 Å². The number of Topliss-reactive ketones (excluding diaryl/α,β-unsaturated/α-hetero) is 1. The average Bonchev–Trinajstić information content (AvgIpc) is 3.40. The molecule has 0 saturated carbocycles. The number of methoxy groups -OCH3 is 1. The molecular weight excluding hydrogens is 569 g/mol. The fraction of sp³-hybridized carbons (Fsp3) is 0.323. The third-order valence-electron chi connectivity index (χ3n) is 7.40. The number of rotatable bonds is 7. The number of aryl methyl sites for hydroxylation is 2. The number of benzene rings is 2. The quantitative estimate of drug-likeness (QED) is 0.321. The molecule has 3 N–H and O–H groups in total. The summed E-state index contributed by atoms with van der Waals surface area (Å²) < 4.78 is 6.19. The summed E-state index contributed by atoms with van der Waals surface area (Å²) in [6.45, 7) is 8.05. The monoisotopic (exact) mass is 600 g/mol. The number of amides is 1. The van der Waals surface area contributed by atoms with Crippen LogP contribution >= 0.6 is 23.1 Å². The number of nitrogens with zero attached hydrogens (tertiary/aromatic N) is 4. The first-order valence-corrected chi connectivity index (χ1v) is 15.3. The van der Waals surface area contributed by atoms with Gasteiger partial charge < -0.3 is 15.8 Å². The van der Waals surface area contributed by atoms with E-state index >= 15 is 0 Å². The molecule has 2 heterocycles. The Morgan fingerprint density at radius 3 is 2.71 bits per heavy atom. The minimum atomic E-state index is -0.656. The van der Waals surface area contributed by atoms with Crippen molar-refractivity contribution in [1.82, 2.24) is 10.2 Å². The first-order valence-electron chi connectivity index (χ1n) is 13.5. The third kappa shape index (κ3) is 5.65. The van der Waals surface area contributed by atoms with Crippen molar-refractivity contribution in [3.05, 3.63) is 81.8 Å². The largest absolute Gasteiger partial charge is 0.496 e. The molecule has 1 aliphatic carbocycles. The minimum Gasteiger partial charge on any atom is -0.496 e. The van der Waals surface area contributed by atoms with Gasteiger partial charge in [-0.15, -0.1) is 10.2 Å². The maximum absolute atomic E-state index is 13.8. The number of nitrogens with two attached hydrogens (primary N) is 1. The highest BCUT2D eigenvalue weighted by Gasteiger charge is 2.46. The molecule has 1 amide bonds. The smallest absolute Gasteiger partial charge is 0.234 e. The Kier molecular flexibility index (Phi) is 8.12. The van der Waals surface area contributed by atoms with E-state index in [9.17, 15) is 14.9 Å². The molecule has 11 heteroatoms. The second-order valence-electron chi connectivity index (χ2n) is 11.2. The lowest BCUT2D eigenvalue weighted by Crippen LogP contribution is -2.42. The molecule has 2 aromatic carbocycles. The lowest BCUT2D eigenvalue weighted by atomic mass is 9.68. The lowest BCUT2D eigenvalue weighted by Gasteiger charge is -2.42. The maximum Gasteiger partial charge on any atom is 0.234 e. The SMILES string of the molecule is COc1ccccc1C1C(C#N)=C(N)N(c2nnc(SCC(=O)Nc3ccc(C)cc3C)s2)C2=C1C(=O)CC(C)(C)C2. The molecule has 0 saturated heterocycles. The van der Waals surface area contributed by atoms with Crippen molar-refractivity contribution in [3.8, 4) is 11.8 Å². The van der Waals surface area contributed by atoms with Gasteiger partial charge in [0.05, 0.1) is 30.4 Å². The number of hydrogen-bond acceptors (Lipinski definition) is 10. The van der Waals surface area contributed by atoms with E-state index in [2.05, 4.69) is 21.6 Å². The highest BCUT2D eigenvalue weighted by atomic mass is 32.2. The molecule has 2 aliphatic rings. The van der Waals surface area contributed by atoms with Crippen LogP contribution in [0.2, 0.25) is 0 Å². The van der Waals surface area contributed by atoms with Crippen molar-refractivity contribution < 1.29 is 14.3 Å². The van der Waals surface area contributed by atoms with Gasteiger partial charge in [-0.1, -0.05) is 72.8 Å². The molecule has 5 rings (SSSR count). The van der Waals surface area contributed by atoms with E-state index in [1.807, 2.05) is 70.2 Å². The summed E-state index contributed by atoms with van der Waals surface area (Å²) in [6, 6.07) is 15.5. The summed E-state index contributed by atoms with van der Waals surface area (Å²) in [4.78, 5) is 28.2. The number of hydrogen-bond donors (Lipinski definition) is 2. The molecule has 0 bridgehead atoms. The Bertz CT molecular complexity index is 1680. The Morgan fingerprint density at radius 1 is 1.24 bits per heavy atom. The van der Waals surface area contributed by atoms with E-state index < -0.39 is 5.92 Å². The zero-order chi connectivity index (χ0) is 30.2. The number of ketones is 1. The molecule has 3 aromatic rings. The summed E-state index contributed by atoms with van der Waals surface area (Å²) >= 11 is 2.53. The number of thioether (sulfide) groups is 1. The van der Waals surface area contributed by atoms with Crippen LogP contribution in [0.1, 0.15) is 49.3 Å². The van der Waals surface area contributed by atoms with Gasteiger partial charge in [0.15, 0.2) is 10.1 Å². The molecule has 1 unspecified atom stereocenters. The van der Waals surface area contributed by atoms with Crippen LogP contribution < -0.4 is 20.7 Å². The molecule has 0 spiro atoms. The molecular formula is C31H32N6O3S2. The van der Waals surface area contributed by atoms with Crippen LogP contribution in [0.25, 0.3) is 0 Å². The second kappa shape index (κ2) is 11.6. The summed E-state index contributed by atoms with van der Waals surface area (Å²) in [7, 11) is 1.57. The van der Waals surface area contributed by atoms with E-state index in [1.54, 1.807) is 12.0 Å². The number of para-hydroxylation sites is 1. The summed E-state index contributed by atoms with van der Waals surface area (Å²) in [5, 5.41) is 22.4. The fourth-order valence-electron chi connectivity index (χ4n) is 5.56.